The molecule has 0 aromatic heterocycles. The third kappa shape index (κ3) is 6.64. The number of halogens is 1. The van der Waals surface area contributed by atoms with Gasteiger partial charge in [-0.3, -0.25) is 9.69 Å². The highest BCUT2D eigenvalue weighted by molar-refractivity contribution is 9.10. The van der Waals surface area contributed by atoms with Crippen LogP contribution in [0.5, 0.6) is 11.5 Å². The molecule has 1 heterocycles. The van der Waals surface area contributed by atoms with Crippen LogP contribution in [0.25, 0.3) is 0 Å². The van der Waals surface area contributed by atoms with E-state index in [0.29, 0.717) is 16.8 Å². The molecule has 0 atom stereocenters. The van der Waals surface area contributed by atoms with E-state index >= 15 is 0 Å². The van der Waals surface area contributed by atoms with Crippen molar-refractivity contribution in [3.63, 3.8) is 0 Å². The van der Waals surface area contributed by atoms with Crippen molar-refractivity contribution in [1.82, 2.24) is 15.1 Å². The fourth-order valence-electron chi connectivity index (χ4n) is 3.87. The van der Waals surface area contributed by atoms with E-state index in [1.165, 1.54) is 0 Å². The predicted octanol–water partition coefficient (Wildman–Crippen LogP) is 3.08. The van der Waals surface area contributed by atoms with Crippen LogP contribution in [0, 0.1) is 11.3 Å². The number of aromatic hydroxyl groups is 1. The van der Waals surface area contributed by atoms with Crippen molar-refractivity contribution >= 4 is 21.8 Å². The lowest BCUT2D eigenvalue weighted by molar-refractivity contribution is -0.127. The van der Waals surface area contributed by atoms with Gasteiger partial charge >= 0.3 is 0 Å². The molecule has 0 aliphatic carbocycles. The Labute approximate surface area is 177 Å². The van der Waals surface area contributed by atoms with Crippen molar-refractivity contribution in [2.45, 2.75) is 33.2 Å². The summed E-state index contributed by atoms with van der Waals surface area (Å²) in [5.74, 6) is 0.867. The molecule has 158 valence electrons. The first-order chi connectivity index (χ1) is 13.1. The summed E-state index contributed by atoms with van der Waals surface area (Å²) in [6, 6.07) is 3.79. The third-order valence-corrected chi connectivity index (χ3v) is 5.76. The van der Waals surface area contributed by atoms with E-state index in [4.69, 9.17) is 4.74 Å². The Hall–Kier alpha value is -1.31. The molecule has 0 unspecified atom stereocenters. The number of hydrogen-bond acceptors (Lipinski definition) is 5. The number of methoxy groups -OCH3 is 1. The summed E-state index contributed by atoms with van der Waals surface area (Å²) in [7, 11) is 5.66. The molecule has 7 heteroatoms. The van der Waals surface area contributed by atoms with Gasteiger partial charge in [-0.15, -0.1) is 0 Å². The standard InChI is InChI=1S/C21H34BrN3O3/c1-21(2,14-24(3)4)13-23-20(27)16-6-8-25(9-7-16)12-15-10-17(22)19(26)18(11-15)28-5/h10-11,16,26H,6-9,12-14H2,1-5H3,(H,23,27). The summed E-state index contributed by atoms with van der Waals surface area (Å²) in [6.45, 7) is 8.56. The van der Waals surface area contributed by atoms with Gasteiger partial charge in [0, 0.05) is 25.6 Å². The third-order valence-electron chi connectivity index (χ3n) is 5.16. The van der Waals surface area contributed by atoms with Gasteiger partial charge in [-0.2, -0.15) is 0 Å². The second-order valence-electron chi connectivity index (χ2n) is 8.80. The minimum atomic E-state index is 0.0607. The molecule has 1 amide bonds. The lowest BCUT2D eigenvalue weighted by Gasteiger charge is -2.33. The van der Waals surface area contributed by atoms with Crippen molar-refractivity contribution in [3.8, 4) is 11.5 Å². The number of amides is 1. The number of rotatable bonds is 8. The molecule has 0 saturated carbocycles. The second-order valence-corrected chi connectivity index (χ2v) is 9.65. The highest BCUT2D eigenvalue weighted by atomic mass is 79.9. The zero-order valence-corrected chi connectivity index (χ0v) is 19.3. The van der Waals surface area contributed by atoms with Crippen LogP contribution in [0.1, 0.15) is 32.3 Å². The maximum absolute atomic E-state index is 12.6. The van der Waals surface area contributed by atoms with Crippen molar-refractivity contribution < 1.29 is 14.6 Å². The topological polar surface area (TPSA) is 65.0 Å². The van der Waals surface area contributed by atoms with Crippen LogP contribution in [-0.4, -0.2) is 68.2 Å². The van der Waals surface area contributed by atoms with Crippen LogP contribution in [-0.2, 0) is 11.3 Å². The normalized spacial score (nSPS) is 16.4. The van der Waals surface area contributed by atoms with Crippen molar-refractivity contribution in [2.24, 2.45) is 11.3 Å². The highest BCUT2D eigenvalue weighted by Gasteiger charge is 2.27. The highest BCUT2D eigenvalue weighted by Crippen LogP contribution is 2.35. The van der Waals surface area contributed by atoms with Crippen molar-refractivity contribution in [2.75, 3.05) is 47.4 Å². The van der Waals surface area contributed by atoms with E-state index in [1.54, 1.807) is 7.11 Å². The first-order valence-corrected chi connectivity index (χ1v) is 10.6. The van der Waals surface area contributed by atoms with Gasteiger partial charge in [0.25, 0.3) is 0 Å². The average Bonchev–Trinajstić information content (AvgIpc) is 2.62. The first-order valence-electron chi connectivity index (χ1n) is 9.81. The fraction of sp³-hybridized carbons (Fsp3) is 0.667. The molecule has 0 spiro atoms. The molecule has 1 saturated heterocycles. The predicted molar refractivity (Wildman–Crippen MR) is 116 cm³/mol. The Morgan fingerprint density at radius 3 is 2.57 bits per heavy atom. The van der Waals surface area contributed by atoms with Gasteiger partial charge in [0.15, 0.2) is 11.5 Å². The van der Waals surface area contributed by atoms with E-state index in [-0.39, 0.29) is 23.0 Å². The zero-order chi connectivity index (χ0) is 20.9. The van der Waals surface area contributed by atoms with Gasteiger partial charge in [0.1, 0.15) is 0 Å². The Morgan fingerprint density at radius 1 is 1.36 bits per heavy atom. The molecule has 2 N–H and O–H groups in total. The van der Waals surface area contributed by atoms with Crippen LogP contribution in [0.4, 0.5) is 0 Å². The van der Waals surface area contributed by atoms with E-state index in [2.05, 4.69) is 59.0 Å². The molecule has 1 aromatic carbocycles. The van der Waals surface area contributed by atoms with Crippen LogP contribution in [0.15, 0.2) is 16.6 Å². The molecule has 1 aliphatic rings. The summed E-state index contributed by atoms with van der Waals surface area (Å²) in [5, 5.41) is 13.1. The van der Waals surface area contributed by atoms with Gasteiger partial charge in [-0.1, -0.05) is 13.8 Å². The van der Waals surface area contributed by atoms with Crippen molar-refractivity contribution in [3.05, 3.63) is 22.2 Å². The number of likely N-dealkylation sites (tertiary alicyclic amines) is 1. The Balaban J connectivity index is 1.82. The Bertz CT molecular complexity index is 671. The molecule has 2 rings (SSSR count). The number of nitrogens with zero attached hydrogens (tertiary/aromatic N) is 2. The van der Waals surface area contributed by atoms with Crippen LogP contribution >= 0.6 is 15.9 Å². The quantitative estimate of drug-likeness (QED) is 0.630. The minimum absolute atomic E-state index is 0.0607. The molecule has 1 aromatic rings. The lowest BCUT2D eigenvalue weighted by Crippen LogP contribution is -2.44. The number of piperidine rings is 1. The number of phenols is 1. The van der Waals surface area contributed by atoms with Gasteiger partial charge in [-0.05, 0) is 79.1 Å². The monoisotopic (exact) mass is 455 g/mol. The Morgan fingerprint density at radius 2 is 2.00 bits per heavy atom. The van der Waals surface area contributed by atoms with Crippen LogP contribution in [0.3, 0.4) is 0 Å². The number of carbonyl (C=O) groups is 1. The number of hydrogen-bond donors (Lipinski definition) is 2. The van der Waals surface area contributed by atoms with E-state index in [1.807, 2.05) is 12.1 Å². The summed E-state index contributed by atoms with van der Waals surface area (Å²) in [5.41, 5.74) is 1.14. The SMILES string of the molecule is COc1cc(CN2CCC(C(=O)NCC(C)(C)CN(C)C)CC2)cc(Br)c1O. The Kier molecular flexibility index (Phi) is 8.16. The van der Waals surface area contributed by atoms with E-state index in [0.717, 1.165) is 44.6 Å². The van der Waals surface area contributed by atoms with Gasteiger partial charge in [0.05, 0.1) is 11.6 Å². The molecular weight excluding hydrogens is 422 g/mol. The average molecular weight is 456 g/mol. The largest absolute Gasteiger partial charge is 0.503 e. The van der Waals surface area contributed by atoms with E-state index < -0.39 is 0 Å². The van der Waals surface area contributed by atoms with Crippen molar-refractivity contribution in [1.29, 1.82) is 0 Å². The molecule has 6 nitrogen and oxygen atoms in total. The molecular formula is C21H34BrN3O3. The van der Waals surface area contributed by atoms with Crippen LogP contribution in [0.2, 0.25) is 0 Å². The molecule has 0 radical (unpaired) electrons. The van der Waals surface area contributed by atoms with Gasteiger partial charge in [0.2, 0.25) is 5.91 Å². The summed E-state index contributed by atoms with van der Waals surface area (Å²) >= 11 is 3.37. The molecule has 28 heavy (non-hydrogen) atoms. The smallest absolute Gasteiger partial charge is 0.223 e. The second kappa shape index (κ2) is 9.94. The number of benzene rings is 1. The molecule has 0 bridgehead atoms. The number of nitrogens with one attached hydrogen (secondary N) is 1. The minimum Gasteiger partial charge on any atom is -0.503 e. The number of ether oxygens (including phenoxy) is 1. The number of carbonyl (C=O) groups excluding carboxylic acids is 1. The maximum Gasteiger partial charge on any atom is 0.223 e. The maximum atomic E-state index is 12.6. The lowest BCUT2D eigenvalue weighted by atomic mass is 9.91. The fourth-order valence-corrected chi connectivity index (χ4v) is 4.36. The zero-order valence-electron chi connectivity index (χ0n) is 17.7. The van der Waals surface area contributed by atoms with Gasteiger partial charge < -0.3 is 20.1 Å². The summed E-state index contributed by atoms with van der Waals surface area (Å²) in [6.07, 6.45) is 1.74. The van der Waals surface area contributed by atoms with Gasteiger partial charge in [-0.25, -0.2) is 0 Å². The molecule has 1 fully saturated rings. The molecule has 1 aliphatic heterocycles. The van der Waals surface area contributed by atoms with E-state index in [9.17, 15) is 9.90 Å². The number of phenolic OH excluding ortho intramolecular Hbond substituents is 1. The summed E-state index contributed by atoms with van der Waals surface area (Å²) < 4.78 is 5.86. The van der Waals surface area contributed by atoms with Crippen LogP contribution < -0.4 is 10.1 Å². The first kappa shape index (κ1) is 23.0. The summed E-state index contributed by atoms with van der Waals surface area (Å²) in [4.78, 5) is 17.1.